The van der Waals surface area contributed by atoms with Crippen LogP contribution in [0, 0.1) is 0 Å². The van der Waals surface area contributed by atoms with E-state index < -0.39 is 0 Å². The number of hydrogen-bond donors (Lipinski definition) is 1. The molecule has 2 aliphatic rings. The highest BCUT2D eigenvalue weighted by Gasteiger charge is 2.22. The van der Waals surface area contributed by atoms with Gasteiger partial charge in [0.2, 0.25) is 0 Å². The van der Waals surface area contributed by atoms with Crippen LogP contribution in [-0.4, -0.2) is 50.3 Å². The molecule has 0 heterocycles. The van der Waals surface area contributed by atoms with Gasteiger partial charge in [0.15, 0.2) is 0 Å². The molecule has 106 valence electrons. The summed E-state index contributed by atoms with van der Waals surface area (Å²) < 4.78 is 5.48. The summed E-state index contributed by atoms with van der Waals surface area (Å²) >= 11 is 0. The summed E-state index contributed by atoms with van der Waals surface area (Å²) in [7, 11) is 4.14. The summed E-state index contributed by atoms with van der Waals surface area (Å²) in [5, 5.41) is 3.72. The molecule has 0 saturated heterocycles. The van der Waals surface area contributed by atoms with Crippen LogP contribution < -0.4 is 5.32 Å². The van der Waals surface area contributed by atoms with E-state index in [2.05, 4.69) is 17.3 Å². The molecule has 2 rings (SSSR count). The van der Waals surface area contributed by atoms with Gasteiger partial charge in [-0.15, -0.1) is 0 Å². The van der Waals surface area contributed by atoms with E-state index in [1.54, 1.807) is 0 Å². The third-order valence-electron chi connectivity index (χ3n) is 4.80. The molecule has 3 heteroatoms. The van der Waals surface area contributed by atoms with Gasteiger partial charge in [0.05, 0.1) is 6.10 Å². The van der Waals surface area contributed by atoms with Crippen LogP contribution in [0.3, 0.4) is 0 Å². The average molecular weight is 254 g/mol. The molecule has 2 saturated carbocycles. The maximum atomic E-state index is 5.48. The number of hydrogen-bond acceptors (Lipinski definition) is 3. The number of rotatable bonds is 6. The molecule has 0 amide bonds. The van der Waals surface area contributed by atoms with Crippen LogP contribution in [0.25, 0.3) is 0 Å². The Hall–Kier alpha value is -0.120. The highest BCUT2D eigenvalue weighted by Crippen LogP contribution is 2.22. The highest BCUT2D eigenvalue weighted by atomic mass is 16.5. The normalized spacial score (nSPS) is 30.2. The van der Waals surface area contributed by atoms with Gasteiger partial charge in [0.25, 0.3) is 0 Å². The van der Waals surface area contributed by atoms with E-state index in [0.29, 0.717) is 12.1 Å². The quantitative estimate of drug-likeness (QED) is 0.788. The van der Waals surface area contributed by atoms with Crippen LogP contribution in [-0.2, 0) is 4.74 Å². The Kier molecular flexibility index (Phi) is 5.93. The Labute approximate surface area is 112 Å². The largest absolute Gasteiger partial charge is 0.381 e. The fourth-order valence-corrected chi connectivity index (χ4v) is 3.52. The van der Waals surface area contributed by atoms with E-state index in [9.17, 15) is 0 Å². The standard InChI is InChI=1S/C15H30N2O/c1-17(14-7-3-4-8-14)11-10-16-13-6-5-9-15(12-13)18-2/h13-16H,3-12H2,1-2H3. The summed E-state index contributed by atoms with van der Waals surface area (Å²) in [6, 6.07) is 1.53. The monoisotopic (exact) mass is 254 g/mol. The predicted molar refractivity (Wildman–Crippen MR) is 75.9 cm³/mol. The molecule has 0 aromatic heterocycles. The Balaban J connectivity index is 1.59. The van der Waals surface area contributed by atoms with E-state index in [1.165, 1.54) is 57.9 Å². The van der Waals surface area contributed by atoms with Crippen LogP contribution in [0.2, 0.25) is 0 Å². The Morgan fingerprint density at radius 1 is 1.11 bits per heavy atom. The van der Waals surface area contributed by atoms with Gasteiger partial charge in [-0.05, 0) is 45.6 Å². The third-order valence-corrected chi connectivity index (χ3v) is 4.80. The Morgan fingerprint density at radius 3 is 2.61 bits per heavy atom. The molecule has 1 N–H and O–H groups in total. The van der Waals surface area contributed by atoms with E-state index >= 15 is 0 Å². The second-order valence-corrected chi connectivity index (χ2v) is 6.09. The van der Waals surface area contributed by atoms with Crippen molar-refractivity contribution in [3.63, 3.8) is 0 Å². The minimum Gasteiger partial charge on any atom is -0.381 e. The van der Waals surface area contributed by atoms with E-state index in [0.717, 1.165) is 12.6 Å². The highest BCUT2D eigenvalue weighted by molar-refractivity contribution is 4.80. The molecule has 2 unspecified atom stereocenters. The maximum absolute atomic E-state index is 5.48. The van der Waals surface area contributed by atoms with Crippen LogP contribution in [0.1, 0.15) is 51.4 Å². The number of nitrogens with one attached hydrogen (secondary N) is 1. The molecule has 2 atom stereocenters. The molecule has 0 spiro atoms. The molecule has 3 nitrogen and oxygen atoms in total. The van der Waals surface area contributed by atoms with E-state index in [-0.39, 0.29) is 0 Å². The summed E-state index contributed by atoms with van der Waals surface area (Å²) in [5.74, 6) is 0. The minimum atomic E-state index is 0.490. The zero-order valence-electron chi connectivity index (χ0n) is 12.2. The lowest BCUT2D eigenvalue weighted by atomic mass is 9.93. The topological polar surface area (TPSA) is 24.5 Å². The van der Waals surface area contributed by atoms with Gasteiger partial charge in [-0.3, -0.25) is 0 Å². The number of ether oxygens (including phenoxy) is 1. The number of nitrogens with zero attached hydrogens (tertiary/aromatic N) is 1. The number of methoxy groups -OCH3 is 1. The SMILES string of the molecule is COC1CCCC(NCCN(C)C2CCCC2)C1. The van der Waals surface area contributed by atoms with Gasteiger partial charge in [0.1, 0.15) is 0 Å². The zero-order chi connectivity index (χ0) is 12.8. The lowest BCUT2D eigenvalue weighted by Gasteiger charge is -2.30. The van der Waals surface area contributed by atoms with Crippen molar-refractivity contribution in [2.24, 2.45) is 0 Å². The molecule has 0 aromatic rings. The molecule has 2 fully saturated rings. The summed E-state index contributed by atoms with van der Waals surface area (Å²) in [5.41, 5.74) is 0. The summed E-state index contributed by atoms with van der Waals surface area (Å²) in [4.78, 5) is 2.55. The molecule has 0 bridgehead atoms. The van der Waals surface area contributed by atoms with Crippen molar-refractivity contribution in [2.45, 2.75) is 69.6 Å². The van der Waals surface area contributed by atoms with Gasteiger partial charge in [-0.2, -0.15) is 0 Å². The van der Waals surface area contributed by atoms with Crippen molar-refractivity contribution in [3.8, 4) is 0 Å². The fourth-order valence-electron chi connectivity index (χ4n) is 3.52. The van der Waals surface area contributed by atoms with Crippen LogP contribution in [0.5, 0.6) is 0 Å². The van der Waals surface area contributed by atoms with Gasteiger partial charge >= 0.3 is 0 Å². The Bertz CT molecular complexity index is 229. The molecule has 0 radical (unpaired) electrons. The lowest BCUT2D eigenvalue weighted by molar-refractivity contribution is 0.0584. The zero-order valence-corrected chi connectivity index (χ0v) is 12.2. The van der Waals surface area contributed by atoms with E-state index in [1.807, 2.05) is 7.11 Å². The van der Waals surface area contributed by atoms with E-state index in [4.69, 9.17) is 4.74 Å². The first-order valence-corrected chi connectivity index (χ1v) is 7.76. The van der Waals surface area contributed by atoms with Gasteiger partial charge in [-0.1, -0.05) is 12.8 Å². The van der Waals surface area contributed by atoms with Crippen LogP contribution >= 0.6 is 0 Å². The van der Waals surface area contributed by atoms with Crippen molar-refractivity contribution in [2.75, 3.05) is 27.2 Å². The summed E-state index contributed by atoms with van der Waals surface area (Å²) in [6.07, 6.45) is 11.3. The minimum absolute atomic E-state index is 0.490. The maximum Gasteiger partial charge on any atom is 0.0586 e. The van der Waals surface area contributed by atoms with Crippen molar-refractivity contribution in [1.29, 1.82) is 0 Å². The molecular formula is C15H30N2O. The average Bonchev–Trinajstić information content (AvgIpc) is 2.93. The number of likely N-dealkylation sites (N-methyl/N-ethyl adjacent to an activating group) is 1. The smallest absolute Gasteiger partial charge is 0.0586 e. The molecule has 0 aliphatic heterocycles. The first kappa shape index (κ1) is 14.3. The van der Waals surface area contributed by atoms with Crippen molar-refractivity contribution < 1.29 is 4.74 Å². The van der Waals surface area contributed by atoms with Gasteiger partial charge in [-0.25, -0.2) is 0 Å². The fraction of sp³-hybridized carbons (Fsp3) is 1.00. The second kappa shape index (κ2) is 7.46. The Morgan fingerprint density at radius 2 is 1.89 bits per heavy atom. The summed E-state index contributed by atoms with van der Waals surface area (Å²) in [6.45, 7) is 2.33. The molecule has 0 aromatic carbocycles. The van der Waals surface area contributed by atoms with Crippen molar-refractivity contribution in [3.05, 3.63) is 0 Å². The van der Waals surface area contributed by atoms with Crippen molar-refractivity contribution in [1.82, 2.24) is 10.2 Å². The van der Waals surface area contributed by atoms with Crippen molar-refractivity contribution >= 4 is 0 Å². The lowest BCUT2D eigenvalue weighted by Crippen LogP contribution is -2.41. The third kappa shape index (κ3) is 4.22. The molecule has 2 aliphatic carbocycles. The molecular weight excluding hydrogens is 224 g/mol. The van der Waals surface area contributed by atoms with Crippen LogP contribution in [0.4, 0.5) is 0 Å². The van der Waals surface area contributed by atoms with Crippen LogP contribution in [0.15, 0.2) is 0 Å². The first-order valence-electron chi connectivity index (χ1n) is 7.76. The van der Waals surface area contributed by atoms with Gasteiger partial charge in [0, 0.05) is 32.3 Å². The molecule has 18 heavy (non-hydrogen) atoms. The predicted octanol–water partition coefficient (Wildman–Crippen LogP) is 2.41. The van der Waals surface area contributed by atoms with Gasteiger partial charge < -0.3 is 15.0 Å². The first-order chi connectivity index (χ1) is 8.79. The second-order valence-electron chi connectivity index (χ2n) is 6.09.